The highest BCUT2D eigenvalue weighted by Gasteiger charge is 2.54. The molecule has 3 heterocycles. The highest BCUT2D eigenvalue weighted by Crippen LogP contribution is 2.48. The van der Waals surface area contributed by atoms with E-state index in [4.69, 9.17) is 8.83 Å². The van der Waals surface area contributed by atoms with E-state index in [2.05, 4.69) is 5.32 Å². The van der Waals surface area contributed by atoms with Crippen LogP contribution in [0.15, 0.2) is 51.3 Å². The zero-order chi connectivity index (χ0) is 16.2. The van der Waals surface area contributed by atoms with Crippen LogP contribution in [0.1, 0.15) is 28.6 Å². The second-order valence-electron chi connectivity index (χ2n) is 5.71. The van der Waals surface area contributed by atoms with Crippen molar-refractivity contribution in [3.05, 3.63) is 76.9 Å². The summed E-state index contributed by atoms with van der Waals surface area (Å²) in [5.41, 5.74) is -0.273. The summed E-state index contributed by atoms with van der Waals surface area (Å²) >= 11 is 0. The first-order chi connectivity index (χ1) is 11.0. The number of amides is 1. The molecule has 1 aliphatic rings. The molecule has 3 aromatic rings. The van der Waals surface area contributed by atoms with Crippen molar-refractivity contribution in [1.29, 1.82) is 0 Å². The van der Waals surface area contributed by atoms with Crippen LogP contribution >= 0.6 is 0 Å². The second-order valence-corrected chi connectivity index (χ2v) is 5.71. The number of furan rings is 2. The summed E-state index contributed by atoms with van der Waals surface area (Å²) in [4.78, 5) is 12.9. The van der Waals surface area contributed by atoms with E-state index < -0.39 is 11.2 Å². The Morgan fingerprint density at radius 2 is 1.57 bits per heavy atom. The molecule has 0 bridgehead atoms. The minimum absolute atomic E-state index is 0.318. The van der Waals surface area contributed by atoms with Gasteiger partial charge in [0.1, 0.15) is 28.9 Å². The van der Waals surface area contributed by atoms with Crippen molar-refractivity contribution in [3.63, 3.8) is 0 Å². The molecule has 1 amide bonds. The number of nitrogens with one attached hydrogen (secondary N) is 1. The summed E-state index contributed by atoms with van der Waals surface area (Å²) in [5.74, 6) is 1.41. The Morgan fingerprint density at radius 3 is 2.09 bits per heavy atom. The van der Waals surface area contributed by atoms with Gasteiger partial charge in [0.25, 0.3) is 5.91 Å². The first-order valence-electron chi connectivity index (χ1n) is 7.27. The smallest absolute Gasteiger partial charge is 0.250 e. The van der Waals surface area contributed by atoms with Gasteiger partial charge in [0.2, 0.25) is 0 Å². The molecule has 116 valence electrons. The first-order valence-corrected chi connectivity index (χ1v) is 7.27. The lowest BCUT2D eigenvalue weighted by Gasteiger charge is -2.23. The van der Waals surface area contributed by atoms with Crippen molar-refractivity contribution < 1.29 is 18.0 Å². The number of hydrogen-bond donors (Lipinski definition) is 1. The Morgan fingerprint density at radius 1 is 0.957 bits per heavy atom. The number of benzene rings is 1. The Kier molecular flexibility index (Phi) is 2.75. The summed E-state index contributed by atoms with van der Waals surface area (Å²) in [6, 6.07) is 11.2. The Hall–Kier alpha value is -2.82. The molecule has 0 saturated carbocycles. The van der Waals surface area contributed by atoms with E-state index in [1.54, 1.807) is 44.2 Å². The Balaban J connectivity index is 2.09. The van der Waals surface area contributed by atoms with Crippen LogP contribution in [0.3, 0.4) is 0 Å². The Bertz CT molecular complexity index is 882. The molecule has 5 heteroatoms. The minimum atomic E-state index is -1.32. The van der Waals surface area contributed by atoms with Crippen LogP contribution in [0, 0.1) is 19.7 Å². The fourth-order valence-corrected chi connectivity index (χ4v) is 3.16. The predicted molar refractivity (Wildman–Crippen MR) is 81.8 cm³/mol. The lowest BCUT2D eigenvalue weighted by Crippen LogP contribution is -2.36. The van der Waals surface area contributed by atoms with Gasteiger partial charge in [-0.25, -0.2) is 4.39 Å². The monoisotopic (exact) mass is 311 g/mol. The van der Waals surface area contributed by atoms with E-state index in [9.17, 15) is 9.18 Å². The Labute approximate surface area is 131 Å². The largest absolute Gasteiger partial charge is 0.464 e. The van der Waals surface area contributed by atoms with Gasteiger partial charge in [0.15, 0.2) is 5.41 Å². The molecule has 0 atom stereocenters. The molecule has 1 N–H and O–H groups in total. The maximum absolute atomic E-state index is 13.9. The molecule has 0 spiro atoms. The van der Waals surface area contributed by atoms with Gasteiger partial charge in [-0.15, -0.1) is 0 Å². The molecule has 0 saturated heterocycles. The number of carbonyl (C=O) groups is 1. The number of fused-ring (bicyclic) bond motifs is 1. The van der Waals surface area contributed by atoms with E-state index in [0.717, 1.165) is 0 Å². The van der Waals surface area contributed by atoms with Gasteiger partial charge >= 0.3 is 0 Å². The third-order valence-electron chi connectivity index (χ3n) is 4.19. The molecule has 4 nitrogen and oxygen atoms in total. The molecule has 0 fully saturated rings. The lowest BCUT2D eigenvalue weighted by molar-refractivity contribution is -0.119. The number of anilines is 1. The van der Waals surface area contributed by atoms with E-state index >= 15 is 0 Å². The molecule has 0 aliphatic carbocycles. The molecule has 23 heavy (non-hydrogen) atoms. The van der Waals surface area contributed by atoms with Crippen LogP contribution in [0.5, 0.6) is 0 Å². The van der Waals surface area contributed by atoms with Crippen LogP contribution in [-0.2, 0) is 10.2 Å². The van der Waals surface area contributed by atoms with Gasteiger partial charge in [-0.2, -0.15) is 0 Å². The fraction of sp³-hybridized carbons (Fsp3) is 0.167. The van der Waals surface area contributed by atoms with Gasteiger partial charge in [0.05, 0.1) is 0 Å². The van der Waals surface area contributed by atoms with E-state index in [1.807, 2.05) is 0 Å². The summed E-state index contributed by atoms with van der Waals surface area (Å²) in [6.07, 6.45) is 0. The van der Waals surface area contributed by atoms with E-state index in [-0.39, 0.29) is 5.91 Å². The van der Waals surface area contributed by atoms with E-state index in [0.29, 0.717) is 34.3 Å². The van der Waals surface area contributed by atoms with Gasteiger partial charge < -0.3 is 14.2 Å². The summed E-state index contributed by atoms with van der Waals surface area (Å²) in [7, 11) is 0. The quantitative estimate of drug-likeness (QED) is 0.780. The van der Waals surface area contributed by atoms with Gasteiger partial charge in [-0.1, -0.05) is 0 Å². The van der Waals surface area contributed by atoms with Crippen LogP contribution in [0.25, 0.3) is 0 Å². The third-order valence-corrected chi connectivity index (χ3v) is 4.19. The average Bonchev–Trinajstić information content (AvgIpc) is 3.18. The third kappa shape index (κ3) is 1.79. The number of halogens is 1. The van der Waals surface area contributed by atoms with Crippen LogP contribution in [0.2, 0.25) is 0 Å². The van der Waals surface area contributed by atoms with Crippen molar-refractivity contribution >= 4 is 11.6 Å². The summed E-state index contributed by atoms with van der Waals surface area (Å²) < 4.78 is 25.4. The van der Waals surface area contributed by atoms with Crippen LogP contribution in [-0.4, -0.2) is 5.91 Å². The normalized spacial score (nSPS) is 15.5. The topological polar surface area (TPSA) is 55.4 Å². The summed E-state index contributed by atoms with van der Waals surface area (Å²) in [6.45, 7) is 3.59. The molecule has 0 unspecified atom stereocenters. The van der Waals surface area contributed by atoms with Crippen molar-refractivity contribution in [2.45, 2.75) is 19.3 Å². The zero-order valence-electron chi connectivity index (χ0n) is 12.6. The number of hydrogen-bond acceptors (Lipinski definition) is 3. The van der Waals surface area contributed by atoms with Gasteiger partial charge in [0, 0.05) is 11.3 Å². The highest BCUT2D eigenvalue weighted by atomic mass is 19.1. The van der Waals surface area contributed by atoms with Gasteiger partial charge in [-0.3, -0.25) is 4.79 Å². The minimum Gasteiger partial charge on any atom is -0.464 e. The number of carbonyl (C=O) groups excluding carboxylic acids is 1. The molecule has 1 aliphatic heterocycles. The average molecular weight is 311 g/mol. The maximum Gasteiger partial charge on any atom is 0.250 e. The number of aryl methyl sites for hydroxylation is 2. The predicted octanol–water partition coefficient (Wildman–Crippen LogP) is 3.92. The molecule has 0 radical (unpaired) electrons. The van der Waals surface area contributed by atoms with Crippen molar-refractivity contribution in [2.75, 3.05) is 5.32 Å². The highest BCUT2D eigenvalue weighted by molar-refractivity contribution is 6.10. The molecule has 1 aromatic carbocycles. The van der Waals surface area contributed by atoms with Crippen molar-refractivity contribution in [3.8, 4) is 0 Å². The summed E-state index contributed by atoms with van der Waals surface area (Å²) in [5, 5.41) is 2.81. The van der Waals surface area contributed by atoms with Crippen molar-refractivity contribution in [1.82, 2.24) is 0 Å². The van der Waals surface area contributed by atoms with Crippen molar-refractivity contribution in [2.24, 2.45) is 0 Å². The SMILES string of the molecule is Cc1ccc(C2(c3ccc(C)o3)C(=O)Nc3ccc(F)cc32)o1. The zero-order valence-corrected chi connectivity index (χ0v) is 12.6. The first kappa shape index (κ1) is 13.8. The standard InChI is InChI=1S/C18H14FNO3/c1-10-3-7-15(22-10)18(16-8-4-11(2)23-16)13-9-12(19)5-6-14(13)20-17(18)21/h3-9H,1-2H3,(H,20,21). The van der Waals surface area contributed by atoms with Gasteiger partial charge in [-0.05, 0) is 56.3 Å². The maximum atomic E-state index is 13.9. The molecular weight excluding hydrogens is 297 g/mol. The lowest BCUT2D eigenvalue weighted by atomic mass is 9.77. The second kappa shape index (κ2) is 4.59. The van der Waals surface area contributed by atoms with Crippen LogP contribution in [0.4, 0.5) is 10.1 Å². The fourth-order valence-electron chi connectivity index (χ4n) is 3.16. The number of rotatable bonds is 2. The molecule has 4 rings (SSSR count). The van der Waals surface area contributed by atoms with E-state index in [1.165, 1.54) is 12.1 Å². The van der Waals surface area contributed by atoms with Crippen LogP contribution < -0.4 is 5.32 Å². The molecular formula is C18H14FNO3. The molecule has 2 aromatic heterocycles.